The second-order valence-electron chi connectivity index (χ2n) is 6.93. The van der Waals surface area contributed by atoms with Crippen molar-refractivity contribution < 1.29 is 4.79 Å². The molecule has 1 aliphatic rings. The van der Waals surface area contributed by atoms with Gasteiger partial charge in [0.15, 0.2) is 5.78 Å². The summed E-state index contributed by atoms with van der Waals surface area (Å²) in [5.74, 6) is 0.195. The molecule has 5 rings (SSSR count). The summed E-state index contributed by atoms with van der Waals surface area (Å²) in [6.07, 6.45) is 0.460. The minimum atomic E-state index is 0.195. The van der Waals surface area contributed by atoms with Crippen molar-refractivity contribution in [2.75, 3.05) is 0 Å². The monoisotopic (exact) mass is 346 g/mol. The number of fused-ring (bicyclic) bond motifs is 3. The van der Waals surface area contributed by atoms with Gasteiger partial charge in [-0.2, -0.15) is 0 Å². The first kappa shape index (κ1) is 15.8. The largest absolute Gasteiger partial charge is 0.294 e. The molecule has 0 N–H and O–H groups in total. The molecule has 0 spiro atoms. The first-order valence-electron chi connectivity index (χ1n) is 9.21. The van der Waals surface area contributed by atoms with Gasteiger partial charge in [-0.05, 0) is 45.0 Å². The molecule has 0 aliphatic heterocycles. The van der Waals surface area contributed by atoms with Gasteiger partial charge in [-0.25, -0.2) is 0 Å². The summed E-state index contributed by atoms with van der Waals surface area (Å²) in [4.78, 5) is 12.9. The van der Waals surface area contributed by atoms with E-state index in [2.05, 4.69) is 72.8 Å². The predicted molar refractivity (Wildman–Crippen MR) is 111 cm³/mol. The maximum absolute atomic E-state index is 12.9. The number of carbonyl (C=O) groups excluding carboxylic acids is 1. The lowest BCUT2D eigenvalue weighted by atomic mass is 9.80. The first-order valence-corrected chi connectivity index (χ1v) is 9.21. The van der Waals surface area contributed by atoms with E-state index in [0.29, 0.717) is 6.42 Å². The highest BCUT2D eigenvalue weighted by molar-refractivity contribution is 6.10. The van der Waals surface area contributed by atoms with E-state index in [1.807, 2.05) is 24.3 Å². The maximum atomic E-state index is 12.9. The van der Waals surface area contributed by atoms with E-state index >= 15 is 0 Å². The minimum absolute atomic E-state index is 0.195. The number of ketones is 1. The maximum Gasteiger partial charge on any atom is 0.167 e. The molecule has 0 unspecified atom stereocenters. The van der Waals surface area contributed by atoms with E-state index in [-0.39, 0.29) is 5.78 Å². The molecule has 0 radical (unpaired) electrons. The molecule has 1 heteroatoms. The van der Waals surface area contributed by atoms with Crippen LogP contribution in [0, 0.1) is 0 Å². The fourth-order valence-corrected chi connectivity index (χ4v) is 4.00. The van der Waals surface area contributed by atoms with Gasteiger partial charge < -0.3 is 0 Å². The number of rotatable bonds is 2. The number of carbonyl (C=O) groups is 1. The van der Waals surface area contributed by atoms with E-state index in [9.17, 15) is 4.79 Å². The van der Waals surface area contributed by atoms with Crippen molar-refractivity contribution in [2.45, 2.75) is 6.42 Å². The van der Waals surface area contributed by atoms with Gasteiger partial charge in [-0.3, -0.25) is 4.79 Å². The Kier molecular flexibility index (Phi) is 3.72. The highest BCUT2D eigenvalue weighted by Gasteiger charge is 2.25. The van der Waals surface area contributed by atoms with Crippen molar-refractivity contribution >= 4 is 5.78 Å². The zero-order valence-electron chi connectivity index (χ0n) is 14.9. The average Bonchev–Trinajstić information content (AvgIpc) is 2.74. The van der Waals surface area contributed by atoms with Gasteiger partial charge in [0.25, 0.3) is 0 Å². The van der Waals surface area contributed by atoms with Crippen molar-refractivity contribution in [1.29, 1.82) is 0 Å². The highest BCUT2D eigenvalue weighted by Crippen LogP contribution is 2.41. The van der Waals surface area contributed by atoms with Gasteiger partial charge in [0.1, 0.15) is 0 Å². The quantitative estimate of drug-likeness (QED) is 0.409. The topological polar surface area (TPSA) is 17.1 Å². The lowest BCUT2D eigenvalue weighted by molar-refractivity contribution is 0.0992. The van der Waals surface area contributed by atoms with Crippen LogP contribution in [-0.4, -0.2) is 5.78 Å². The third kappa shape index (κ3) is 2.69. The van der Waals surface area contributed by atoms with Crippen LogP contribution in [0.4, 0.5) is 0 Å². The number of Topliss-reactive ketones (excluding diaryl/α,β-unsaturated/α-hetero) is 1. The molecule has 0 atom stereocenters. The third-order valence-electron chi connectivity index (χ3n) is 5.28. The molecular formula is C26H18O. The van der Waals surface area contributed by atoms with E-state index in [1.165, 1.54) is 16.7 Å². The van der Waals surface area contributed by atoms with Crippen LogP contribution < -0.4 is 0 Å². The second kappa shape index (κ2) is 6.37. The lowest BCUT2D eigenvalue weighted by Gasteiger charge is -2.23. The summed E-state index contributed by atoms with van der Waals surface area (Å²) in [6, 6.07) is 33.2. The summed E-state index contributed by atoms with van der Waals surface area (Å²) in [5, 5.41) is 0. The van der Waals surface area contributed by atoms with Gasteiger partial charge in [-0.15, -0.1) is 0 Å². The van der Waals surface area contributed by atoms with E-state index in [1.54, 1.807) is 0 Å². The van der Waals surface area contributed by atoms with Gasteiger partial charge in [0.05, 0.1) is 0 Å². The average molecular weight is 346 g/mol. The molecule has 0 bridgehead atoms. The molecule has 1 aliphatic carbocycles. The van der Waals surface area contributed by atoms with Crippen molar-refractivity contribution in [2.24, 2.45) is 0 Å². The molecule has 0 saturated heterocycles. The van der Waals surface area contributed by atoms with Crippen molar-refractivity contribution in [3.63, 3.8) is 0 Å². The fraction of sp³-hybridized carbons (Fsp3) is 0.0385. The van der Waals surface area contributed by atoms with Crippen LogP contribution in [0.2, 0.25) is 0 Å². The Hall–Kier alpha value is -3.45. The smallest absolute Gasteiger partial charge is 0.167 e. The van der Waals surface area contributed by atoms with E-state index < -0.39 is 0 Å². The molecule has 4 aromatic rings. The SMILES string of the molecule is O=C1Cc2cccc(-c3ccccc3)c2-c2ccc(-c3ccccc3)cc21. The van der Waals surface area contributed by atoms with Crippen molar-refractivity contribution in [1.82, 2.24) is 0 Å². The normalized spacial score (nSPS) is 12.4. The molecule has 0 saturated carbocycles. The molecule has 128 valence electrons. The Balaban J connectivity index is 1.73. The Bertz CT molecular complexity index is 1140. The van der Waals surface area contributed by atoms with E-state index in [0.717, 1.165) is 27.8 Å². The molecule has 0 aromatic heterocycles. The summed E-state index contributed by atoms with van der Waals surface area (Å²) >= 11 is 0. The lowest BCUT2D eigenvalue weighted by Crippen LogP contribution is -2.13. The van der Waals surface area contributed by atoms with Crippen LogP contribution >= 0.6 is 0 Å². The van der Waals surface area contributed by atoms with E-state index in [4.69, 9.17) is 0 Å². The van der Waals surface area contributed by atoms with Gasteiger partial charge in [0.2, 0.25) is 0 Å². The summed E-state index contributed by atoms with van der Waals surface area (Å²) in [7, 11) is 0. The molecule has 27 heavy (non-hydrogen) atoms. The van der Waals surface area contributed by atoms with Crippen molar-refractivity contribution in [3.05, 3.63) is 108 Å². The third-order valence-corrected chi connectivity index (χ3v) is 5.28. The number of benzene rings is 4. The molecule has 0 heterocycles. The number of hydrogen-bond acceptors (Lipinski definition) is 1. The van der Waals surface area contributed by atoms with Crippen LogP contribution in [0.3, 0.4) is 0 Å². The Morgan fingerprint density at radius 3 is 1.96 bits per heavy atom. The van der Waals surface area contributed by atoms with Crippen molar-refractivity contribution in [3.8, 4) is 33.4 Å². The molecule has 0 fully saturated rings. The Morgan fingerprint density at radius 2 is 1.22 bits per heavy atom. The zero-order valence-corrected chi connectivity index (χ0v) is 14.9. The van der Waals surface area contributed by atoms with Crippen LogP contribution in [0.1, 0.15) is 15.9 Å². The summed E-state index contributed by atoms with van der Waals surface area (Å²) in [5.41, 5.74) is 8.77. The van der Waals surface area contributed by atoms with Crippen LogP contribution in [0.5, 0.6) is 0 Å². The van der Waals surface area contributed by atoms with Gasteiger partial charge in [0, 0.05) is 12.0 Å². The highest BCUT2D eigenvalue weighted by atomic mass is 16.1. The fourth-order valence-electron chi connectivity index (χ4n) is 4.00. The molecule has 0 amide bonds. The standard InChI is InChI=1S/C26H18O/c27-25-17-21-12-7-13-22(19-10-5-2-6-11-19)26(21)23-15-14-20(16-24(23)25)18-8-3-1-4-9-18/h1-16H,17H2. The van der Waals surface area contributed by atoms with Crippen LogP contribution in [-0.2, 0) is 6.42 Å². The number of hydrogen-bond donors (Lipinski definition) is 0. The minimum Gasteiger partial charge on any atom is -0.294 e. The van der Waals surface area contributed by atoms with Crippen LogP contribution in [0.25, 0.3) is 33.4 Å². The summed E-state index contributed by atoms with van der Waals surface area (Å²) in [6.45, 7) is 0. The van der Waals surface area contributed by atoms with Gasteiger partial charge >= 0.3 is 0 Å². The first-order chi connectivity index (χ1) is 13.3. The molecule has 4 aromatic carbocycles. The molecule has 1 nitrogen and oxygen atoms in total. The van der Waals surface area contributed by atoms with Crippen LogP contribution in [0.15, 0.2) is 97.1 Å². The molecular weight excluding hydrogens is 328 g/mol. The second-order valence-corrected chi connectivity index (χ2v) is 6.93. The zero-order chi connectivity index (χ0) is 18.2. The summed E-state index contributed by atoms with van der Waals surface area (Å²) < 4.78 is 0. The Labute approximate surface area is 158 Å². The van der Waals surface area contributed by atoms with Gasteiger partial charge in [-0.1, -0.05) is 91.0 Å². The Morgan fingerprint density at radius 1 is 0.519 bits per heavy atom. The predicted octanol–water partition coefficient (Wildman–Crippen LogP) is 6.43.